The summed E-state index contributed by atoms with van der Waals surface area (Å²) < 4.78 is 0. The molecule has 0 fully saturated rings. The number of hydrogen-bond acceptors (Lipinski definition) is 2. The molecule has 1 N–H and O–H groups in total. The Bertz CT molecular complexity index is 581. The van der Waals surface area contributed by atoms with Gasteiger partial charge in [-0.1, -0.05) is 42.3 Å². The second-order valence-corrected chi connectivity index (χ2v) is 5.55. The highest BCUT2D eigenvalue weighted by atomic mass is 35.5. The van der Waals surface area contributed by atoms with Crippen molar-refractivity contribution in [1.29, 1.82) is 0 Å². The minimum Gasteiger partial charge on any atom is -0.306 e. The predicted octanol–water partition coefficient (Wildman–Crippen LogP) is 4.44. The van der Waals surface area contributed by atoms with Gasteiger partial charge in [0.1, 0.15) is 0 Å². The fourth-order valence-corrected chi connectivity index (χ4v) is 2.67. The standard InChI is InChI=1S/C17H21ClN2/c1-4-8-20-17(15-7-9-19-11-16(15)18)14-6-5-12(2)10-13(14)3/h5-7,9-11,17,20H,4,8H2,1-3H3. The number of aromatic nitrogens is 1. The molecule has 0 aliphatic rings. The van der Waals surface area contributed by atoms with E-state index in [0.29, 0.717) is 5.02 Å². The van der Waals surface area contributed by atoms with Crippen LogP contribution in [0.3, 0.4) is 0 Å². The summed E-state index contributed by atoms with van der Waals surface area (Å²) in [7, 11) is 0. The Labute approximate surface area is 126 Å². The van der Waals surface area contributed by atoms with E-state index in [1.807, 2.05) is 6.07 Å². The third kappa shape index (κ3) is 3.38. The van der Waals surface area contributed by atoms with Crippen molar-refractivity contribution in [3.8, 4) is 0 Å². The molecule has 3 heteroatoms. The van der Waals surface area contributed by atoms with Gasteiger partial charge in [-0.3, -0.25) is 4.98 Å². The lowest BCUT2D eigenvalue weighted by Crippen LogP contribution is -2.24. The molecule has 2 nitrogen and oxygen atoms in total. The molecule has 0 amide bonds. The van der Waals surface area contributed by atoms with Crippen LogP contribution in [-0.4, -0.2) is 11.5 Å². The molecule has 2 rings (SSSR count). The smallest absolute Gasteiger partial charge is 0.0640 e. The zero-order valence-electron chi connectivity index (χ0n) is 12.3. The van der Waals surface area contributed by atoms with Crippen LogP contribution in [0.4, 0.5) is 0 Å². The summed E-state index contributed by atoms with van der Waals surface area (Å²) in [5, 5.41) is 4.30. The molecule has 1 heterocycles. The third-order valence-electron chi connectivity index (χ3n) is 3.45. The van der Waals surface area contributed by atoms with Crippen LogP contribution in [0.2, 0.25) is 5.02 Å². The van der Waals surface area contributed by atoms with Crippen LogP contribution in [0.5, 0.6) is 0 Å². The number of rotatable bonds is 5. The zero-order chi connectivity index (χ0) is 14.5. The topological polar surface area (TPSA) is 24.9 Å². The Hall–Kier alpha value is -1.38. The first kappa shape index (κ1) is 15.0. The number of halogens is 1. The molecule has 1 aromatic carbocycles. The van der Waals surface area contributed by atoms with E-state index in [0.717, 1.165) is 18.5 Å². The molecule has 0 saturated carbocycles. The van der Waals surface area contributed by atoms with Gasteiger partial charge in [0, 0.05) is 12.4 Å². The van der Waals surface area contributed by atoms with E-state index in [1.54, 1.807) is 12.4 Å². The summed E-state index contributed by atoms with van der Waals surface area (Å²) in [5.41, 5.74) is 4.92. The highest BCUT2D eigenvalue weighted by molar-refractivity contribution is 6.31. The second-order valence-electron chi connectivity index (χ2n) is 5.14. The number of nitrogens with one attached hydrogen (secondary N) is 1. The van der Waals surface area contributed by atoms with E-state index in [-0.39, 0.29) is 6.04 Å². The van der Waals surface area contributed by atoms with Gasteiger partial charge in [-0.05, 0) is 49.6 Å². The summed E-state index contributed by atoms with van der Waals surface area (Å²) in [4.78, 5) is 4.08. The van der Waals surface area contributed by atoms with Gasteiger partial charge in [0.15, 0.2) is 0 Å². The minimum atomic E-state index is 0.117. The maximum Gasteiger partial charge on any atom is 0.0640 e. The van der Waals surface area contributed by atoms with Crippen LogP contribution in [-0.2, 0) is 0 Å². The van der Waals surface area contributed by atoms with Gasteiger partial charge in [0.25, 0.3) is 0 Å². The molecule has 106 valence electrons. The quantitative estimate of drug-likeness (QED) is 0.880. The zero-order valence-corrected chi connectivity index (χ0v) is 13.0. The third-order valence-corrected chi connectivity index (χ3v) is 3.77. The van der Waals surface area contributed by atoms with Gasteiger partial charge in [-0.15, -0.1) is 0 Å². The summed E-state index contributed by atoms with van der Waals surface area (Å²) in [5.74, 6) is 0. The van der Waals surface area contributed by atoms with Gasteiger partial charge in [0.2, 0.25) is 0 Å². The molecular formula is C17H21ClN2. The molecule has 0 radical (unpaired) electrons. The maximum atomic E-state index is 6.33. The van der Waals surface area contributed by atoms with Crippen LogP contribution >= 0.6 is 11.6 Å². The van der Waals surface area contributed by atoms with Gasteiger partial charge < -0.3 is 5.32 Å². The number of aryl methyl sites for hydroxylation is 2. The molecular weight excluding hydrogens is 268 g/mol. The van der Waals surface area contributed by atoms with Crippen molar-refractivity contribution in [3.63, 3.8) is 0 Å². The van der Waals surface area contributed by atoms with Crippen molar-refractivity contribution < 1.29 is 0 Å². The summed E-state index contributed by atoms with van der Waals surface area (Å²) >= 11 is 6.33. The normalized spacial score (nSPS) is 12.4. The van der Waals surface area contributed by atoms with E-state index >= 15 is 0 Å². The van der Waals surface area contributed by atoms with Gasteiger partial charge in [-0.2, -0.15) is 0 Å². The fourth-order valence-electron chi connectivity index (χ4n) is 2.45. The van der Waals surface area contributed by atoms with Gasteiger partial charge in [-0.25, -0.2) is 0 Å². The van der Waals surface area contributed by atoms with Crippen molar-refractivity contribution in [1.82, 2.24) is 10.3 Å². The Balaban J connectivity index is 2.44. The van der Waals surface area contributed by atoms with Crippen molar-refractivity contribution >= 4 is 11.6 Å². The van der Waals surface area contributed by atoms with E-state index < -0.39 is 0 Å². The second kappa shape index (κ2) is 6.87. The van der Waals surface area contributed by atoms with Crippen molar-refractivity contribution in [3.05, 3.63) is 63.9 Å². The summed E-state index contributed by atoms with van der Waals surface area (Å²) in [6.45, 7) is 7.39. The molecule has 2 aromatic rings. The lowest BCUT2D eigenvalue weighted by Gasteiger charge is -2.22. The average Bonchev–Trinajstić information content (AvgIpc) is 2.42. The van der Waals surface area contributed by atoms with Crippen LogP contribution in [0, 0.1) is 13.8 Å². The minimum absolute atomic E-state index is 0.117. The molecule has 20 heavy (non-hydrogen) atoms. The lowest BCUT2D eigenvalue weighted by molar-refractivity contribution is 0.596. The first-order valence-corrected chi connectivity index (χ1v) is 7.41. The van der Waals surface area contributed by atoms with E-state index in [4.69, 9.17) is 11.6 Å². The lowest BCUT2D eigenvalue weighted by atomic mass is 9.94. The predicted molar refractivity (Wildman–Crippen MR) is 85.3 cm³/mol. The van der Waals surface area contributed by atoms with Crippen LogP contribution in [0.25, 0.3) is 0 Å². The number of pyridine rings is 1. The Morgan fingerprint density at radius 1 is 1.20 bits per heavy atom. The molecule has 0 saturated heterocycles. The first-order valence-electron chi connectivity index (χ1n) is 7.03. The van der Waals surface area contributed by atoms with Crippen LogP contribution in [0.1, 0.15) is 41.6 Å². The SMILES string of the molecule is CCCNC(c1ccc(C)cc1C)c1ccncc1Cl. The molecule has 0 bridgehead atoms. The van der Waals surface area contributed by atoms with E-state index in [9.17, 15) is 0 Å². The highest BCUT2D eigenvalue weighted by Crippen LogP contribution is 2.29. The molecule has 1 aromatic heterocycles. The van der Waals surface area contributed by atoms with Crippen LogP contribution in [0.15, 0.2) is 36.7 Å². The largest absolute Gasteiger partial charge is 0.306 e. The fraction of sp³-hybridized carbons (Fsp3) is 0.353. The number of benzene rings is 1. The Kier molecular flexibility index (Phi) is 5.16. The molecule has 1 atom stereocenters. The summed E-state index contributed by atoms with van der Waals surface area (Å²) in [6, 6.07) is 8.67. The highest BCUT2D eigenvalue weighted by Gasteiger charge is 2.18. The average molecular weight is 289 g/mol. The molecule has 1 unspecified atom stereocenters. The molecule has 0 aliphatic heterocycles. The Morgan fingerprint density at radius 2 is 2.00 bits per heavy atom. The first-order chi connectivity index (χ1) is 9.63. The van der Waals surface area contributed by atoms with Crippen molar-refractivity contribution in [2.45, 2.75) is 33.2 Å². The summed E-state index contributed by atoms with van der Waals surface area (Å²) in [6.07, 6.45) is 4.59. The van der Waals surface area contributed by atoms with Gasteiger partial charge in [0.05, 0.1) is 11.1 Å². The molecule has 0 spiro atoms. The Morgan fingerprint density at radius 3 is 2.65 bits per heavy atom. The number of nitrogens with zero attached hydrogens (tertiary/aromatic N) is 1. The van der Waals surface area contributed by atoms with Crippen molar-refractivity contribution in [2.75, 3.05) is 6.54 Å². The number of hydrogen-bond donors (Lipinski definition) is 1. The molecule has 0 aliphatic carbocycles. The van der Waals surface area contributed by atoms with Gasteiger partial charge >= 0.3 is 0 Å². The monoisotopic (exact) mass is 288 g/mol. The van der Waals surface area contributed by atoms with Crippen LogP contribution < -0.4 is 5.32 Å². The van der Waals surface area contributed by atoms with E-state index in [1.165, 1.54) is 16.7 Å². The maximum absolute atomic E-state index is 6.33. The van der Waals surface area contributed by atoms with Crippen molar-refractivity contribution in [2.24, 2.45) is 0 Å². The van der Waals surface area contributed by atoms with E-state index in [2.05, 4.69) is 49.3 Å².